The number of hydrogen-bond acceptors (Lipinski definition) is 6. The summed E-state index contributed by atoms with van der Waals surface area (Å²) in [7, 11) is 3.79. The fourth-order valence-electron chi connectivity index (χ4n) is 1.83. The number of hydrogen-bond donors (Lipinski definition) is 1. The summed E-state index contributed by atoms with van der Waals surface area (Å²) in [5.41, 5.74) is 3.91. The Balaban J connectivity index is 2.06. The van der Waals surface area contributed by atoms with Crippen LogP contribution in [0.2, 0.25) is 5.15 Å². The Hall–Kier alpha value is -1.83. The van der Waals surface area contributed by atoms with Gasteiger partial charge >= 0.3 is 0 Å². The number of amides is 1. The van der Waals surface area contributed by atoms with E-state index in [0.29, 0.717) is 28.2 Å². The molecule has 0 bridgehead atoms. The zero-order valence-corrected chi connectivity index (χ0v) is 15.3. The second-order valence-electron chi connectivity index (χ2n) is 5.08. The van der Waals surface area contributed by atoms with Crippen LogP contribution in [0.25, 0.3) is 0 Å². The van der Waals surface area contributed by atoms with Crippen molar-refractivity contribution in [3.05, 3.63) is 46.6 Å². The Morgan fingerprint density at radius 1 is 1.33 bits per heavy atom. The predicted molar refractivity (Wildman–Crippen MR) is 96.5 cm³/mol. The lowest BCUT2D eigenvalue weighted by Gasteiger charge is -2.12. The molecule has 1 amide bonds. The number of rotatable bonds is 7. The van der Waals surface area contributed by atoms with E-state index >= 15 is 0 Å². The summed E-state index contributed by atoms with van der Waals surface area (Å²) in [6, 6.07) is 9.05. The van der Waals surface area contributed by atoms with E-state index in [1.54, 1.807) is 19.1 Å². The molecule has 2 aromatic rings. The molecule has 0 aliphatic rings. The molecular formula is C16H19ClN4O2S. The molecule has 24 heavy (non-hydrogen) atoms. The van der Waals surface area contributed by atoms with Gasteiger partial charge in [0, 0.05) is 31.5 Å². The number of nitrogens with one attached hydrogen (secondary N) is 1. The highest BCUT2D eigenvalue weighted by atomic mass is 35.5. The van der Waals surface area contributed by atoms with Crippen LogP contribution in [0.5, 0.6) is 0 Å². The van der Waals surface area contributed by atoms with Gasteiger partial charge in [0.1, 0.15) is 11.0 Å². The molecule has 0 spiro atoms. The van der Waals surface area contributed by atoms with Crippen molar-refractivity contribution < 1.29 is 9.63 Å². The van der Waals surface area contributed by atoms with Gasteiger partial charge in [0.25, 0.3) is 5.91 Å². The monoisotopic (exact) mass is 366 g/mol. The van der Waals surface area contributed by atoms with Gasteiger partial charge in [-0.2, -0.15) is 0 Å². The molecule has 1 aromatic carbocycles. The lowest BCUT2D eigenvalue weighted by Crippen LogP contribution is -2.23. The van der Waals surface area contributed by atoms with Crippen LogP contribution in [-0.4, -0.2) is 36.6 Å². The maximum atomic E-state index is 11.9. The molecule has 0 atom stereocenters. The van der Waals surface area contributed by atoms with Crippen LogP contribution < -0.4 is 10.4 Å². The van der Waals surface area contributed by atoms with Crippen LogP contribution in [0.4, 0.5) is 5.82 Å². The standard InChI is InChI=1S/C16H19ClN4O2S/c1-4-23-20-15(22)12-7-5-6-11(8-12)10-24-16-18-13(17)9-14(19-16)21(2)3/h5-9H,4,10H2,1-3H3,(H,20,22). The van der Waals surface area contributed by atoms with Crippen molar-refractivity contribution in [3.8, 4) is 0 Å². The molecule has 6 nitrogen and oxygen atoms in total. The Labute approximate surface area is 150 Å². The van der Waals surface area contributed by atoms with E-state index < -0.39 is 0 Å². The summed E-state index contributed by atoms with van der Waals surface area (Å²) in [5.74, 6) is 1.11. The summed E-state index contributed by atoms with van der Waals surface area (Å²) in [6.45, 7) is 2.22. The van der Waals surface area contributed by atoms with Gasteiger partial charge in [0.15, 0.2) is 5.16 Å². The van der Waals surface area contributed by atoms with Gasteiger partial charge in [0.2, 0.25) is 0 Å². The zero-order valence-electron chi connectivity index (χ0n) is 13.7. The van der Waals surface area contributed by atoms with E-state index in [2.05, 4.69) is 15.4 Å². The number of nitrogens with zero attached hydrogens (tertiary/aromatic N) is 3. The van der Waals surface area contributed by atoms with Crippen molar-refractivity contribution >= 4 is 35.1 Å². The Bertz CT molecular complexity index is 712. The fraction of sp³-hybridized carbons (Fsp3) is 0.312. The van der Waals surface area contributed by atoms with Crippen LogP contribution in [0.15, 0.2) is 35.5 Å². The average molecular weight is 367 g/mol. The number of halogens is 1. The summed E-state index contributed by atoms with van der Waals surface area (Å²) in [4.78, 5) is 27.4. The van der Waals surface area contributed by atoms with Crippen LogP contribution in [0, 0.1) is 0 Å². The second-order valence-corrected chi connectivity index (χ2v) is 6.41. The molecule has 0 aliphatic heterocycles. The first-order chi connectivity index (χ1) is 11.5. The number of carbonyl (C=O) groups excluding carboxylic acids is 1. The van der Waals surface area contributed by atoms with Crippen molar-refractivity contribution in [3.63, 3.8) is 0 Å². The Kier molecular flexibility index (Phi) is 6.84. The van der Waals surface area contributed by atoms with Gasteiger partial charge in [-0.3, -0.25) is 9.63 Å². The molecule has 0 saturated carbocycles. The zero-order chi connectivity index (χ0) is 17.5. The number of hydroxylamine groups is 1. The lowest BCUT2D eigenvalue weighted by molar-refractivity contribution is 0.0364. The van der Waals surface area contributed by atoms with E-state index in [1.807, 2.05) is 37.2 Å². The normalized spacial score (nSPS) is 10.5. The van der Waals surface area contributed by atoms with Crippen LogP contribution in [0.3, 0.4) is 0 Å². The van der Waals surface area contributed by atoms with Gasteiger partial charge in [-0.15, -0.1) is 0 Å². The van der Waals surface area contributed by atoms with Gasteiger partial charge in [-0.05, 0) is 24.6 Å². The maximum absolute atomic E-state index is 11.9. The smallest absolute Gasteiger partial charge is 0.274 e. The summed E-state index contributed by atoms with van der Waals surface area (Å²) in [5, 5.41) is 0.997. The van der Waals surface area contributed by atoms with Crippen molar-refractivity contribution in [2.75, 3.05) is 25.6 Å². The number of anilines is 1. The van der Waals surface area contributed by atoms with Gasteiger partial charge in [-0.25, -0.2) is 15.4 Å². The first kappa shape index (κ1) is 18.5. The van der Waals surface area contributed by atoms with Gasteiger partial charge < -0.3 is 4.90 Å². The first-order valence-electron chi connectivity index (χ1n) is 7.35. The molecular weight excluding hydrogens is 348 g/mol. The van der Waals surface area contributed by atoms with Crippen molar-refractivity contribution in [1.29, 1.82) is 0 Å². The Morgan fingerprint density at radius 2 is 2.12 bits per heavy atom. The molecule has 8 heteroatoms. The molecule has 1 N–H and O–H groups in total. The number of thioether (sulfide) groups is 1. The quantitative estimate of drug-likeness (QED) is 0.351. The fourth-order valence-corrected chi connectivity index (χ4v) is 2.85. The SMILES string of the molecule is CCONC(=O)c1cccc(CSc2nc(Cl)cc(N(C)C)n2)c1. The molecule has 1 heterocycles. The average Bonchev–Trinajstić information content (AvgIpc) is 2.57. The largest absolute Gasteiger partial charge is 0.363 e. The highest BCUT2D eigenvalue weighted by molar-refractivity contribution is 7.98. The number of carbonyl (C=O) groups is 1. The van der Waals surface area contributed by atoms with E-state index in [0.717, 1.165) is 11.4 Å². The molecule has 0 radical (unpaired) electrons. The van der Waals surface area contributed by atoms with Crippen LogP contribution >= 0.6 is 23.4 Å². The van der Waals surface area contributed by atoms with Crippen molar-refractivity contribution in [2.24, 2.45) is 0 Å². The van der Waals surface area contributed by atoms with E-state index in [-0.39, 0.29) is 5.91 Å². The van der Waals surface area contributed by atoms with E-state index in [9.17, 15) is 4.79 Å². The third-order valence-electron chi connectivity index (χ3n) is 2.99. The van der Waals surface area contributed by atoms with Crippen LogP contribution in [-0.2, 0) is 10.6 Å². The molecule has 0 saturated heterocycles. The minimum atomic E-state index is -0.266. The third-order valence-corrected chi connectivity index (χ3v) is 4.10. The van der Waals surface area contributed by atoms with Crippen LogP contribution in [0.1, 0.15) is 22.8 Å². The molecule has 1 aromatic heterocycles. The molecule has 0 unspecified atom stereocenters. The third kappa shape index (κ3) is 5.36. The molecule has 0 aliphatic carbocycles. The van der Waals surface area contributed by atoms with Gasteiger partial charge in [0.05, 0.1) is 6.61 Å². The highest BCUT2D eigenvalue weighted by Crippen LogP contribution is 2.24. The molecule has 2 rings (SSSR count). The lowest BCUT2D eigenvalue weighted by atomic mass is 10.1. The topological polar surface area (TPSA) is 67.3 Å². The summed E-state index contributed by atoms with van der Waals surface area (Å²) in [6.07, 6.45) is 0. The molecule has 0 fully saturated rings. The minimum absolute atomic E-state index is 0.266. The number of aromatic nitrogens is 2. The minimum Gasteiger partial charge on any atom is -0.363 e. The maximum Gasteiger partial charge on any atom is 0.274 e. The highest BCUT2D eigenvalue weighted by Gasteiger charge is 2.09. The van der Waals surface area contributed by atoms with E-state index in [4.69, 9.17) is 16.4 Å². The summed E-state index contributed by atoms with van der Waals surface area (Å²) >= 11 is 7.49. The molecule has 128 valence electrons. The predicted octanol–water partition coefficient (Wildman–Crippen LogP) is 3.17. The first-order valence-corrected chi connectivity index (χ1v) is 8.71. The Morgan fingerprint density at radius 3 is 2.83 bits per heavy atom. The second kappa shape index (κ2) is 8.86. The van der Waals surface area contributed by atoms with Crippen molar-refractivity contribution in [2.45, 2.75) is 17.8 Å². The van der Waals surface area contributed by atoms with E-state index in [1.165, 1.54) is 11.8 Å². The van der Waals surface area contributed by atoms with Gasteiger partial charge in [-0.1, -0.05) is 35.5 Å². The number of benzene rings is 1. The van der Waals surface area contributed by atoms with Crippen molar-refractivity contribution in [1.82, 2.24) is 15.4 Å². The summed E-state index contributed by atoms with van der Waals surface area (Å²) < 4.78 is 0.